The van der Waals surface area contributed by atoms with Crippen LogP contribution in [0, 0.1) is 11.7 Å². The molecule has 0 spiro atoms. The molecule has 3 aromatic heterocycles. The van der Waals surface area contributed by atoms with Gasteiger partial charge in [-0.15, -0.1) is 0 Å². The fourth-order valence-electron chi connectivity index (χ4n) is 6.36. The molecule has 12 heteroatoms. The van der Waals surface area contributed by atoms with Gasteiger partial charge in [0.15, 0.2) is 0 Å². The molecule has 10 nitrogen and oxygen atoms in total. The van der Waals surface area contributed by atoms with E-state index >= 15 is 0 Å². The number of pyridine rings is 2. The second kappa shape index (κ2) is 17.3. The van der Waals surface area contributed by atoms with Crippen LogP contribution in [0.5, 0.6) is 5.75 Å². The number of rotatable bonds is 15. The van der Waals surface area contributed by atoms with Gasteiger partial charge in [0.2, 0.25) is 5.91 Å². The van der Waals surface area contributed by atoms with Crippen molar-refractivity contribution in [2.45, 2.75) is 45.2 Å². The summed E-state index contributed by atoms with van der Waals surface area (Å²) in [6.45, 7) is 5.57. The first-order valence-electron chi connectivity index (χ1n) is 17.0. The molecule has 50 heavy (non-hydrogen) atoms. The smallest absolute Gasteiger partial charge is 0.224 e. The lowest BCUT2D eigenvalue weighted by Crippen LogP contribution is -2.36. The molecule has 0 unspecified atom stereocenters. The van der Waals surface area contributed by atoms with E-state index in [4.69, 9.17) is 16.3 Å². The molecule has 0 aliphatic carbocycles. The number of hydrogen-bond donors (Lipinski definition) is 2. The molecule has 0 saturated carbocycles. The SMILES string of the molecule is COc1cc2ncnc(Nc3ccc(F)c(Cl)c3)c2cc1NC(=O)CCCN1CCC(CCN(Cc2ccccn2)Cc2ccccn2)CC1. The lowest BCUT2D eigenvalue weighted by atomic mass is 9.93. The Bertz CT molecular complexity index is 1820. The lowest BCUT2D eigenvalue weighted by Gasteiger charge is -2.33. The molecule has 2 N–H and O–H groups in total. The van der Waals surface area contributed by atoms with Crippen molar-refractivity contribution in [2.75, 3.05) is 43.9 Å². The third kappa shape index (κ3) is 9.71. The highest BCUT2D eigenvalue weighted by Crippen LogP contribution is 2.34. The Labute approximate surface area is 297 Å². The first kappa shape index (κ1) is 35.1. The zero-order chi connectivity index (χ0) is 34.7. The summed E-state index contributed by atoms with van der Waals surface area (Å²) >= 11 is 5.97. The Kier molecular flexibility index (Phi) is 12.1. The highest BCUT2D eigenvalue weighted by Gasteiger charge is 2.21. The molecule has 5 aromatic rings. The third-order valence-corrected chi connectivity index (χ3v) is 9.37. The molecular weight excluding hydrogens is 655 g/mol. The number of aromatic nitrogens is 4. The van der Waals surface area contributed by atoms with Gasteiger partial charge in [0.05, 0.1) is 34.7 Å². The van der Waals surface area contributed by atoms with E-state index in [9.17, 15) is 9.18 Å². The number of methoxy groups -OCH3 is 1. The maximum Gasteiger partial charge on any atom is 0.224 e. The van der Waals surface area contributed by atoms with E-state index in [0.29, 0.717) is 46.2 Å². The van der Waals surface area contributed by atoms with Crippen molar-refractivity contribution >= 4 is 45.6 Å². The van der Waals surface area contributed by atoms with E-state index < -0.39 is 5.82 Å². The molecule has 4 heterocycles. The molecule has 1 amide bonds. The van der Waals surface area contributed by atoms with Crippen LogP contribution >= 0.6 is 11.6 Å². The summed E-state index contributed by atoms with van der Waals surface area (Å²) in [5, 5.41) is 6.86. The minimum absolute atomic E-state index is 0.00340. The van der Waals surface area contributed by atoms with Crippen LogP contribution < -0.4 is 15.4 Å². The normalized spacial score (nSPS) is 13.8. The second-order valence-electron chi connectivity index (χ2n) is 12.6. The van der Waals surface area contributed by atoms with Crippen molar-refractivity contribution in [3.8, 4) is 5.75 Å². The average Bonchev–Trinajstić information content (AvgIpc) is 3.13. The van der Waals surface area contributed by atoms with Gasteiger partial charge in [-0.1, -0.05) is 23.7 Å². The number of nitrogens with zero attached hydrogens (tertiary/aromatic N) is 6. The molecular formula is C38H42ClFN8O2. The average molecular weight is 697 g/mol. The van der Waals surface area contributed by atoms with Crippen LogP contribution in [0.2, 0.25) is 5.02 Å². The number of benzene rings is 2. The van der Waals surface area contributed by atoms with Crippen LogP contribution in [0.15, 0.2) is 85.5 Å². The van der Waals surface area contributed by atoms with E-state index in [1.54, 1.807) is 25.3 Å². The van der Waals surface area contributed by atoms with Crippen LogP contribution in [0.1, 0.15) is 43.5 Å². The maximum atomic E-state index is 13.7. The van der Waals surface area contributed by atoms with Gasteiger partial charge in [0.1, 0.15) is 23.7 Å². The van der Waals surface area contributed by atoms with Crippen LogP contribution in [-0.4, -0.2) is 68.9 Å². The molecule has 1 saturated heterocycles. The van der Waals surface area contributed by atoms with E-state index in [-0.39, 0.29) is 10.9 Å². The fourth-order valence-corrected chi connectivity index (χ4v) is 6.54. The van der Waals surface area contributed by atoms with Crippen molar-refractivity contribution in [1.29, 1.82) is 0 Å². The Morgan fingerprint density at radius 1 is 0.980 bits per heavy atom. The van der Waals surface area contributed by atoms with Crippen LogP contribution in [0.25, 0.3) is 10.9 Å². The number of anilines is 3. The Balaban J connectivity index is 0.973. The molecule has 0 atom stereocenters. The Morgan fingerprint density at radius 2 is 1.72 bits per heavy atom. The van der Waals surface area contributed by atoms with Gasteiger partial charge in [-0.2, -0.15) is 0 Å². The number of amides is 1. The summed E-state index contributed by atoms with van der Waals surface area (Å²) in [5.41, 5.74) is 3.88. The Morgan fingerprint density at radius 3 is 2.38 bits per heavy atom. The van der Waals surface area contributed by atoms with Gasteiger partial charge < -0.3 is 20.3 Å². The Hall–Kier alpha value is -4.71. The van der Waals surface area contributed by atoms with Gasteiger partial charge in [0.25, 0.3) is 0 Å². The first-order valence-corrected chi connectivity index (χ1v) is 17.4. The third-order valence-electron chi connectivity index (χ3n) is 9.08. The standard InChI is InChI=1S/C38H42ClFN8O2/c1-50-36-23-34-31(38(44-26-43-34)45-28-10-11-33(40)32(39)21-28)22-35(36)46-37(49)9-6-17-47-18-12-27(13-19-47)14-20-48(24-29-7-2-4-15-41-29)25-30-8-3-5-16-42-30/h2-5,7-8,10-11,15-16,21-23,26-27H,6,9,12-14,17-20,24-25H2,1H3,(H,46,49)(H,43,44,45). The van der Waals surface area contributed by atoms with E-state index in [1.165, 1.54) is 18.5 Å². The molecule has 1 aliphatic heterocycles. The van der Waals surface area contributed by atoms with Crippen molar-refractivity contribution in [1.82, 2.24) is 29.7 Å². The number of piperidine rings is 1. The number of ether oxygens (including phenoxy) is 1. The van der Waals surface area contributed by atoms with Gasteiger partial charge in [-0.05, 0) is 106 Å². The number of nitrogens with one attached hydrogen (secondary N) is 2. The van der Waals surface area contributed by atoms with Crippen molar-refractivity contribution in [3.05, 3.63) is 108 Å². The number of halogens is 2. The summed E-state index contributed by atoms with van der Waals surface area (Å²) in [6.07, 6.45) is 9.74. The minimum Gasteiger partial charge on any atom is -0.494 e. The summed E-state index contributed by atoms with van der Waals surface area (Å²) in [7, 11) is 1.56. The summed E-state index contributed by atoms with van der Waals surface area (Å²) < 4.78 is 19.3. The zero-order valence-corrected chi connectivity index (χ0v) is 29.0. The number of carbonyl (C=O) groups excluding carboxylic acids is 1. The number of hydrogen-bond acceptors (Lipinski definition) is 9. The molecule has 2 aromatic carbocycles. The predicted molar refractivity (Wildman–Crippen MR) is 195 cm³/mol. The predicted octanol–water partition coefficient (Wildman–Crippen LogP) is 7.49. The van der Waals surface area contributed by atoms with E-state index in [0.717, 1.165) is 76.3 Å². The number of carbonyl (C=O) groups is 1. The van der Waals surface area contributed by atoms with Gasteiger partial charge in [-0.25, -0.2) is 14.4 Å². The topological polar surface area (TPSA) is 108 Å². The highest BCUT2D eigenvalue weighted by atomic mass is 35.5. The molecule has 6 rings (SSSR count). The molecule has 1 aliphatic rings. The van der Waals surface area contributed by atoms with Crippen LogP contribution in [0.3, 0.4) is 0 Å². The zero-order valence-electron chi connectivity index (χ0n) is 28.2. The lowest BCUT2D eigenvalue weighted by molar-refractivity contribution is -0.116. The highest BCUT2D eigenvalue weighted by molar-refractivity contribution is 6.31. The van der Waals surface area contributed by atoms with E-state index in [2.05, 4.69) is 52.5 Å². The number of fused-ring (bicyclic) bond motifs is 1. The van der Waals surface area contributed by atoms with Gasteiger partial charge >= 0.3 is 0 Å². The fraction of sp³-hybridized carbons (Fsp3) is 0.342. The summed E-state index contributed by atoms with van der Waals surface area (Å²) in [5.74, 6) is 1.08. The number of likely N-dealkylation sites (tertiary alicyclic amines) is 1. The summed E-state index contributed by atoms with van der Waals surface area (Å²) in [6, 6.07) is 20.1. The maximum absolute atomic E-state index is 13.7. The molecule has 1 fully saturated rings. The van der Waals surface area contributed by atoms with Crippen molar-refractivity contribution in [3.63, 3.8) is 0 Å². The second-order valence-corrected chi connectivity index (χ2v) is 13.0. The quantitative estimate of drug-likeness (QED) is 0.115. The molecule has 0 radical (unpaired) electrons. The molecule has 0 bridgehead atoms. The largest absolute Gasteiger partial charge is 0.494 e. The van der Waals surface area contributed by atoms with E-state index in [1.807, 2.05) is 36.7 Å². The van der Waals surface area contributed by atoms with Crippen molar-refractivity contribution < 1.29 is 13.9 Å². The van der Waals surface area contributed by atoms with Crippen molar-refractivity contribution in [2.24, 2.45) is 5.92 Å². The van der Waals surface area contributed by atoms with Crippen LogP contribution in [0.4, 0.5) is 21.6 Å². The first-order chi connectivity index (χ1) is 24.4. The van der Waals surface area contributed by atoms with Crippen LogP contribution in [-0.2, 0) is 17.9 Å². The van der Waals surface area contributed by atoms with Gasteiger partial charge in [0, 0.05) is 49.0 Å². The summed E-state index contributed by atoms with van der Waals surface area (Å²) in [4.78, 5) is 35.8. The molecule has 260 valence electrons. The monoisotopic (exact) mass is 696 g/mol. The van der Waals surface area contributed by atoms with Gasteiger partial charge in [-0.3, -0.25) is 19.7 Å². The minimum atomic E-state index is -0.503.